The van der Waals surface area contributed by atoms with Crippen LogP contribution in [0.25, 0.3) is 0 Å². The number of aryl methyl sites for hydroxylation is 2. The summed E-state index contributed by atoms with van der Waals surface area (Å²) in [6, 6.07) is 4.82. The largest absolute Gasteiger partial charge is 0.491 e. The van der Waals surface area contributed by atoms with Gasteiger partial charge in [0.2, 0.25) is 0 Å². The number of nitrogens with zero attached hydrogens (tertiary/aromatic N) is 1. The van der Waals surface area contributed by atoms with Crippen LogP contribution in [0.1, 0.15) is 23.9 Å². The fourth-order valence-electron chi connectivity index (χ4n) is 1.83. The van der Waals surface area contributed by atoms with Crippen molar-refractivity contribution in [3.05, 3.63) is 41.0 Å². The fraction of sp³-hybridized carbons (Fsp3) is 0.357. The molecule has 4 nitrogen and oxygen atoms in total. The van der Waals surface area contributed by atoms with E-state index in [4.69, 9.17) is 9.26 Å². The van der Waals surface area contributed by atoms with Gasteiger partial charge in [0.05, 0.1) is 12.3 Å². The maximum Gasteiger partial charge on any atom is 0.167 e. The molecule has 0 atom stereocenters. The van der Waals surface area contributed by atoms with Gasteiger partial charge in [-0.3, -0.25) is 0 Å². The molecule has 0 radical (unpaired) electrons. The molecule has 2 aromatic rings. The molecule has 0 unspecified atom stereocenters. The number of hydrogen-bond acceptors (Lipinski definition) is 4. The maximum absolute atomic E-state index is 13.7. The Kier molecular flexibility index (Phi) is 4.04. The van der Waals surface area contributed by atoms with Crippen LogP contribution in [0.2, 0.25) is 0 Å². The van der Waals surface area contributed by atoms with Crippen LogP contribution in [0.5, 0.6) is 5.75 Å². The first kappa shape index (κ1) is 13.4. The average Bonchev–Trinajstić information content (AvgIpc) is 2.70. The Morgan fingerprint density at radius 2 is 2.16 bits per heavy atom. The smallest absolute Gasteiger partial charge is 0.167 e. The lowest BCUT2D eigenvalue weighted by atomic mass is 10.2. The number of aromatic nitrogens is 1. The van der Waals surface area contributed by atoms with Gasteiger partial charge in [0.15, 0.2) is 11.6 Å². The summed E-state index contributed by atoms with van der Waals surface area (Å²) in [6.07, 6.45) is 0. The van der Waals surface area contributed by atoms with Crippen molar-refractivity contribution in [2.45, 2.75) is 27.3 Å². The van der Waals surface area contributed by atoms with Gasteiger partial charge in [-0.25, -0.2) is 4.39 Å². The lowest BCUT2D eigenvalue weighted by Crippen LogP contribution is -2.02. The van der Waals surface area contributed by atoms with E-state index in [2.05, 4.69) is 10.5 Å². The highest BCUT2D eigenvalue weighted by molar-refractivity contribution is 5.48. The molecule has 0 amide bonds. The molecule has 0 saturated carbocycles. The summed E-state index contributed by atoms with van der Waals surface area (Å²) in [4.78, 5) is 0. The van der Waals surface area contributed by atoms with Crippen molar-refractivity contribution in [3.63, 3.8) is 0 Å². The molecule has 1 heterocycles. The molecule has 1 aromatic carbocycles. The molecule has 0 bridgehead atoms. The van der Waals surface area contributed by atoms with Crippen LogP contribution in [-0.4, -0.2) is 11.8 Å². The van der Waals surface area contributed by atoms with E-state index in [1.54, 1.807) is 12.1 Å². The van der Waals surface area contributed by atoms with E-state index in [-0.39, 0.29) is 11.6 Å². The summed E-state index contributed by atoms with van der Waals surface area (Å²) in [5.41, 5.74) is 2.53. The Morgan fingerprint density at radius 3 is 2.74 bits per heavy atom. The van der Waals surface area contributed by atoms with Crippen LogP contribution in [0, 0.1) is 19.7 Å². The summed E-state index contributed by atoms with van der Waals surface area (Å²) in [6.45, 7) is 6.56. The molecular formula is C14H17FN2O2. The Hall–Kier alpha value is -2.04. The van der Waals surface area contributed by atoms with E-state index in [9.17, 15) is 4.39 Å². The van der Waals surface area contributed by atoms with Gasteiger partial charge in [-0.1, -0.05) is 5.16 Å². The van der Waals surface area contributed by atoms with E-state index >= 15 is 0 Å². The second-order valence-electron chi connectivity index (χ2n) is 4.23. The van der Waals surface area contributed by atoms with Crippen molar-refractivity contribution in [3.8, 4) is 5.75 Å². The first-order valence-corrected chi connectivity index (χ1v) is 6.19. The molecule has 0 aliphatic heterocycles. The van der Waals surface area contributed by atoms with Gasteiger partial charge in [0.25, 0.3) is 0 Å². The van der Waals surface area contributed by atoms with Gasteiger partial charge in [-0.2, -0.15) is 0 Å². The molecule has 19 heavy (non-hydrogen) atoms. The van der Waals surface area contributed by atoms with Gasteiger partial charge in [-0.15, -0.1) is 0 Å². The Morgan fingerprint density at radius 1 is 1.37 bits per heavy atom. The van der Waals surface area contributed by atoms with Crippen LogP contribution >= 0.6 is 0 Å². The predicted octanol–water partition coefficient (Wildman–Crippen LogP) is 3.44. The minimum absolute atomic E-state index is 0.269. The van der Waals surface area contributed by atoms with Crippen LogP contribution < -0.4 is 10.1 Å². The van der Waals surface area contributed by atoms with Crippen molar-refractivity contribution >= 4 is 5.69 Å². The minimum Gasteiger partial charge on any atom is -0.491 e. The van der Waals surface area contributed by atoms with Crippen molar-refractivity contribution in [2.24, 2.45) is 0 Å². The number of ether oxygens (including phenoxy) is 1. The summed E-state index contributed by atoms with van der Waals surface area (Å²) >= 11 is 0. The Labute approximate surface area is 111 Å². The summed E-state index contributed by atoms with van der Waals surface area (Å²) in [5.74, 6) is 0.674. The number of nitrogens with one attached hydrogen (secondary N) is 1. The second-order valence-corrected chi connectivity index (χ2v) is 4.23. The van der Waals surface area contributed by atoms with Crippen molar-refractivity contribution < 1.29 is 13.7 Å². The second kappa shape index (κ2) is 5.73. The highest BCUT2D eigenvalue weighted by Gasteiger charge is 2.09. The number of hydrogen-bond donors (Lipinski definition) is 1. The Bertz CT molecular complexity index is 547. The molecule has 0 aliphatic rings. The number of benzene rings is 1. The van der Waals surface area contributed by atoms with Crippen LogP contribution in [0.15, 0.2) is 22.7 Å². The van der Waals surface area contributed by atoms with E-state index < -0.39 is 0 Å². The van der Waals surface area contributed by atoms with Crippen LogP contribution in [-0.2, 0) is 6.54 Å². The van der Waals surface area contributed by atoms with Gasteiger partial charge in [0.1, 0.15) is 5.76 Å². The molecule has 2 rings (SSSR count). The third-order valence-electron chi connectivity index (χ3n) is 2.88. The number of anilines is 1. The molecule has 0 spiro atoms. The van der Waals surface area contributed by atoms with Crippen molar-refractivity contribution in [2.75, 3.05) is 11.9 Å². The molecule has 0 aliphatic carbocycles. The van der Waals surface area contributed by atoms with E-state index in [0.717, 1.165) is 17.0 Å². The number of halogens is 1. The minimum atomic E-state index is -0.370. The van der Waals surface area contributed by atoms with Gasteiger partial charge >= 0.3 is 0 Å². The molecular weight excluding hydrogens is 247 g/mol. The molecule has 102 valence electrons. The SMILES string of the molecule is CCOc1ccc(NCc2c(C)noc2C)cc1F. The standard InChI is InChI=1S/C14H17FN2O2/c1-4-18-14-6-5-11(7-13(14)15)16-8-12-9(2)17-19-10(12)3/h5-7,16H,4,8H2,1-3H3. The predicted molar refractivity (Wildman–Crippen MR) is 70.9 cm³/mol. The monoisotopic (exact) mass is 264 g/mol. The fourth-order valence-corrected chi connectivity index (χ4v) is 1.83. The molecule has 1 aromatic heterocycles. The Balaban J connectivity index is 2.06. The van der Waals surface area contributed by atoms with E-state index in [1.165, 1.54) is 6.07 Å². The third kappa shape index (κ3) is 3.05. The topological polar surface area (TPSA) is 47.3 Å². The van der Waals surface area contributed by atoms with E-state index in [0.29, 0.717) is 18.8 Å². The lowest BCUT2D eigenvalue weighted by molar-refractivity contribution is 0.321. The molecule has 1 N–H and O–H groups in total. The zero-order valence-electron chi connectivity index (χ0n) is 11.3. The zero-order valence-corrected chi connectivity index (χ0v) is 11.3. The molecule has 0 saturated heterocycles. The van der Waals surface area contributed by atoms with Crippen molar-refractivity contribution in [1.29, 1.82) is 0 Å². The molecule has 0 fully saturated rings. The summed E-state index contributed by atoms with van der Waals surface area (Å²) < 4.78 is 23.9. The molecule has 5 heteroatoms. The summed E-state index contributed by atoms with van der Waals surface area (Å²) in [7, 11) is 0. The van der Waals surface area contributed by atoms with E-state index in [1.807, 2.05) is 20.8 Å². The van der Waals surface area contributed by atoms with Gasteiger partial charge < -0.3 is 14.6 Å². The van der Waals surface area contributed by atoms with Crippen molar-refractivity contribution in [1.82, 2.24) is 5.16 Å². The van der Waals surface area contributed by atoms with Gasteiger partial charge in [0, 0.05) is 23.9 Å². The first-order valence-electron chi connectivity index (χ1n) is 6.19. The van der Waals surface area contributed by atoms with Crippen LogP contribution in [0.4, 0.5) is 10.1 Å². The summed E-state index contributed by atoms with van der Waals surface area (Å²) in [5, 5.41) is 7.02. The van der Waals surface area contributed by atoms with Gasteiger partial charge in [-0.05, 0) is 32.9 Å². The third-order valence-corrected chi connectivity index (χ3v) is 2.88. The highest BCUT2D eigenvalue weighted by Crippen LogP contribution is 2.22. The lowest BCUT2D eigenvalue weighted by Gasteiger charge is -2.09. The zero-order chi connectivity index (χ0) is 13.8. The number of rotatable bonds is 5. The maximum atomic E-state index is 13.7. The highest BCUT2D eigenvalue weighted by atomic mass is 19.1. The first-order chi connectivity index (χ1) is 9.11. The quantitative estimate of drug-likeness (QED) is 0.898. The normalized spacial score (nSPS) is 10.5. The average molecular weight is 264 g/mol. The van der Waals surface area contributed by atoms with Crippen LogP contribution in [0.3, 0.4) is 0 Å².